The monoisotopic (exact) mass is 335 g/mol. The van der Waals surface area contributed by atoms with Crippen molar-refractivity contribution < 1.29 is 14.0 Å². The van der Waals surface area contributed by atoms with Crippen molar-refractivity contribution in [2.45, 2.75) is 32.0 Å². The van der Waals surface area contributed by atoms with Gasteiger partial charge in [-0.25, -0.2) is 18.9 Å². The third kappa shape index (κ3) is 2.43. The first-order chi connectivity index (χ1) is 11.5. The summed E-state index contributed by atoms with van der Waals surface area (Å²) < 4.78 is 15.5. The van der Waals surface area contributed by atoms with Gasteiger partial charge in [0.15, 0.2) is 0 Å². The van der Waals surface area contributed by atoms with Crippen molar-refractivity contribution in [3.63, 3.8) is 0 Å². The second kappa shape index (κ2) is 6.02. The molecule has 1 fully saturated rings. The summed E-state index contributed by atoms with van der Waals surface area (Å²) >= 11 is 0. The third-order valence-electron chi connectivity index (χ3n) is 4.20. The average molecular weight is 335 g/mol. The van der Waals surface area contributed by atoms with Gasteiger partial charge in [0, 0.05) is 18.8 Å². The number of hydrogen-bond donors (Lipinski definition) is 1. The molecule has 1 aliphatic heterocycles. The molecular formula is C14H18FN7O2. The zero-order chi connectivity index (χ0) is 17.3. The first-order valence-corrected chi connectivity index (χ1v) is 7.57. The van der Waals surface area contributed by atoms with E-state index in [0.717, 1.165) is 4.90 Å². The Labute approximate surface area is 137 Å². The largest absolute Gasteiger partial charge is 0.325 e. The van der Waals surface area contributed by atoms with E-state index in [1.807, 2.05) is 6.92 Å². The molecule has 1 N–H and O–H groups in total. The minimum absolute atomic E-state index is 0.0283. The summed E-state index contributed by atoms with van der Waals surface area (Å²) in [6, 6.07) is -0.513. The standard InChI is InChI=1S/C14H18FN7O2/c1-3-14(10-6-17-20(2)7-10)12(23)21(13(24)19-14)8-11-16-9-18-22(11)5-4-15/h6-7,9H,3-5,8H2,1-2H3,(H,19,24). The maximum Gasteiger partial charge on any atom is 0.325 e. The predicted octanol–water partition coefficient (Wildman–Crippen LogP) is 0.338. The SMILES string of the molecule is CCC1(c2cnn(C)c2)NC(=O)N(Cc2ncnn2CCF)C1=O. The maximum absolute atomic E-state index is 12.9. The quantitative estimate of drug-likeness (QED) is 0.768. The lowest BCUT2D eigenvalue weighted by atomic mass is 9.89. The van der Waals surface area contributed by atoms with Gasteiger partial charge in [0.05, 0.1) is 19.3 Å². The number of hydrogen-bond acceptors (Lipinski definition) is 5. The molecular weight excluding hydrogens is 317 g/mol. The molecule has 128 valence electrons. The van der Waals surface area contributed by atoms with E-state index in [-0.39, 0.29) is 19.0 Å². The number of halogens is 1. The number of carbonyl (C=O) groups excluding carboxylic acids is 2. The van der Waals surface area contributed by atoms with Crippen LogP contribution in [0.3, 0.4) is 0 Å². The van der Waals surface area contributed by atoms with Crippen LogP contribution in [0.15, 0.2) is 18.7 Å². The van der Waals surface area contributed by atoms with Gasteiger partial charge >= 0.3 is 6.03 Å². The molecule has 0 bridgehead atoms. The Morgan fingerprint density at radius 2 is 2.12 bits per heavy atom. The van der Waals surface area contributed by atoms with E-state index in [2.05, 4.69) is 20.5 Å². The Morgan fingerprint density at radius 3 is 2.75 bits per heavy atom. The lowest BCUT2D eigenvalue weighted by Crippen LogP contribution is -2.43. The lowest BCUT2D eigenvalue weighted by Gasteiger charge is -2.23. The number of urea groups is 1. The molecule has 10 heteroatoms. The van der Waals surface area contributed by atoms with Crippen molar-refractivity contribution in [2.75, 3.05) is 6.67 Å². The van der Waals surface area contributed by atoms with Crippen LogP contribution in [-0.4, -0.2) is 48.1 Å². The number of imide groups is 1. The van der Waals surface area contributed by atoms with Gasteiger partial charge in [0.2, 0.25) is 0 Å². The first kappa shape index (κ1) is 16.1. The van der Waals surface area contributed by atoms with Gasteiger partial charge in [-0.2, -0.15) is 10.2 Å². The number of carbonyl (C=O) groups is 2. The zero-order valence-electron chi connectivity index (χ0n) is 13.4. The van der Waals surface area contributed by atoms with Crippen LogP contribution < -0.4 is 5.32 Å². The molecule has 1 atom stereocenters. The van der Waals surface area contributed by atoms with Crippen LogP contribution in [0.25, 0.3) is 0 Å². The fourth-order valence-electron chi connectivity index (χ4n) is 2.87. The fourth-order valence-corrected chi connectivity index (χ4v) is 2.87. The molecule has 0 saturated carbocycles. The fraction of sp³-hybridized carbons (Fsp3) is 0.500. The van der Waals surface area contributed by atoms with Crippen molar-refractivity contribution in [2.24, 2.45) is 7.05 Å². The number of nitrogens with one attached hydrogen (secondary N) is 1. The van der Waals surface area contributed by atoms with E-state index in [1.54, 1.807) is 24.1 Å². The van der Waals surface area contributed by atoms with Crippen molar-refractivity contribution in [1.29, 1.82) is 0 Å². The Morgan fingerprint density at radius 1 is 1.33 bits per heavy atom. The van der Waals surface area contributed by atoms with E-state index in [4.69, 9.17) is 0 Å². The van der Waals surface area contributed by atoms with Crippen molar-refractivity contribution >= 4 is 11.9 Å². The van der Waals surface area contributed by atoms with Crippen molar-refractivity contribution in [1.82, 2.24) is 34.8 Å². The number of aryl methyl sites for hydroxylation is 2. The minimum Gasteiger partial charge on any atom is -0.319 e. The Bertz CT molecular complexity index is 771. The third-order valence-corrected chi connectivity index (χ3v) is 4.20. The molecule has 3 rings (SSSR count). The first-order valence-electron chi connectivity index (χ1n) is 7.57. The van der Waals surface area contributed by atoms with Crippen LogP contribution >= 0.6 is 0 Å². The van der Waals surface area contributed by atoms with E-state index in [9.17, 15) is 14.0 Å². The van der Waals surface area contributed by atoms with Crippen LogP contribution in [0, 0.1) is 0 Å². The van der Waals surface area contributed by atoms with E-state index < -0.39 is 18.2 Å². The molecule has 1 unspecified atom stereocenters. The number of alkyl halides is 1. The van der Waals surface area contributed by atoms with Crippen LogP contribution in [0.2, 0.25) is 0 Å². The molecule has 3 amide bonds. The van der Waals surface area contributed by atoms with Crippen LogP contribution in [0.1, 0.15) is 24.7 Å². The van der Waals surface area contributed by atoms with Gasteiger partial charge in [-0.3, -0.25) is 14.4 Å². The lowest BCUT2D eigenvalue weighted by molar-refractivity contribution is -0.132. The normalized spacial score (nSPS) is 20.7. The highest BCUT2D eigenvalue weighted by molar-refractivity contribution is 6.07. The van der Waals surface area contributed by atoms with Crippen LogP contribution in [0.4, 0.5) is 9.18 Å². The average Bonchev–Trinajstić information content (AvgIpc) is 3.24. The van der Waals surface area contributed by atoms with Crippen molar-refractivity contribution in [3.05, 3.63) is 30.1 Å². The zero-order valence-corrected chi connectivity index (χ0v) is 13.4. The Hall–Kier alpha value is -2.78. The molecule has 1 saturated heterocycles. The van der Waals surface area contributed by atoms with Crippen LogP contribution in [-0.2, 0) is 30.5 Å². The molecule has 9 nitrogen and oxygen atoms in total. The highest BCUT2D eigenvalue weighted by atomic mass is 19.1. The minimum atomic E-state index is -1.14. The number of nitrogens with zero attached hydrogens (tertiary/aromatic N) is 6. The molecule has 2 aromatic heterocycles. The Kier molecular flexibility index (Phi) is 4.04. The van der Waals surface area contributed by atoms with Gasteiger partial charge in [-0.1, -0.05) is 6.92 Å². The summed E-state index contributed by atoms with van der Waals surface area (Å²) in [4.78, 5) is 30.4. The summed E-state index contributed by atoms with van der Waals surface area (Å²) in [7, 11) is 1.74. The maximum atomic E-state index is 12.9. The van der Waals surface area contributed by atoms with E-state index in [1.165, 1.54) is 11.0 Å². The van der Waals surface area contributed by atoms with Gasteiger partial charge < -0.3 is 5.32 Å². The van der Waals surface area contributed by atoms with Gasteiger partial charge in [0.25, 0.3) is 5.91 Å². The second-order valence-corrected chi connectivity index (χ2v) is 5.57. The molecule has 0 spiro atoms. The highest BCUT2D eigenvalue weighted by Gasteiger charge is 2.52. The Balaban J connectivity index is 1.89. The summed E-state index contributed by atoms with van der Waals surface area (Å²) in [6.45, 7) is 1.18. The molecule has 0 aliphatic carbocycles. The molecule has 3 heterocycles. The molecule has 24 heavy (non-hydrogen) atoms. The van der Waals surface area contributed by atoms with Gasteiger partial charge in [0.1, 0.15) is 24.4 Å². The molecule has 0 aromatic carbocycles. The predicted molar refractivity (Wildman–Crippen MR) is 80.3 cm³/mol. The van der Waals surface area contributed by atoms with Crippen LogP contribution in [0.5, 0.6) is 0 Å². The number of aromatic nitrogens is 5. The smallest absolute Gasteiger partial charge is 0.319 e. The van der Waals surface area contributed by atoms with Gasteiger partial charge in [-0.05, 0) is 6.42 Å². The van der Waals surface area contributed by atoms with E-state index in [0.29, 0.717) is 17.8 Å². The van der Waals surface area contributed by atoms with E-state index >= 15 is 0 Å². The summed E-state index contributed by atoms with van der Waals surface area (Å²) in [5.41, 5.74) is -0.519. The topological polar surface area (TPSA) is 97.9 Å². The number of rotatable bonds is 6. The molecule has 2 aromatic rings. The molecule has 0 radical (unpaired) electrons. The number of amides is 3. The van der Waals surface area contributed by atoms with Crippen molar-refractivity contribution in [3.8, 4) is 0 Å². The molecule has 1 aliphatic rings. The van der Waals surface area contributed by atoms with Gasteiger partial charge in [-0.15, -0.1) is 0 Å². The summed E-state index contributed by atoms with van der Waals surface area (Å²) in [5.74, 6) is -0.0213. The summed E-state index contributed by atoms with van der Waals surface area (Å²) in [6.07, 6.45) is 4.93. The summed E-state index contributed by atoms with van der Waals surface area (Å²) in [5, 5.41) is 10.7. The second-order valence-electron chi connectivity index (χ2n) is 5.57. The highest BCUT2D eigenvalue weighted by Crippen LogP contribution is 2.32.